The predicted octanol–water partition coefficient (Wildman–Crippen LogP) is 4.92. The van der Waals surface area contributed by atoms with Crippen LogP contribution in [0.15, 0.2) is 35.7 Å². The fraction of sp³-hybridized carbons (Fsp3) is 0.158. The largest absolute Gasteiger partial charge is 0.439 e. The molecule has 0 radical (unpaired) electrons. The highest BCUT2D eigenvalue weighted by Crippen LogP contribution is 2.52. The molecule has 3 heterocycles. The summed E-state index contributed by atoms with van der Waals surface area (Å²) in [4.78, 5) is 6.00. The van der Waals surface area contributed by atoms with Crippen molar-refractivity contribution in [2.24, 2.45) is 5.73 Å². The molecule has 26 heavy (non-hydrogen) atoms. The van der Waals surface area contributed by atoms with E-state index < -0.39 is 11.7 Å². The van der Waals surface area contributed by atoms with Gasteiger partial charge in [-0.3, -0.25) is 0 Å². The SMILES string of the molecule is Cc1cc(C)c2c3c(sc2n1)[C@@H](c1c(F)cccc1Cl)C(C#N)=C(N)O3. The fourth-order valence-corrected chi connectivity index (χ4v) is 4.95. The number of rotatable bonds is 1. The van der Waals surface area contributed by atoms with Crippen LogP contribution >= 0.6 is 22.9 Å². The molecule has 3 aromatic rings. The van der Waals surface area contributed by atoms with Crippen LogP contribution in [0, 0.1) is 31.0 Å². The number of halogens is 2. The summed E-state index contributed by atoms with van der Waals surface area (Å²) in [5.74, 6) is -0.731. The van der Waals surface area contributed by atoms with Gasteiger partial charge in [-0.25, -0.2) is 9.37 Å². The summed E-state index contributed by atoms with van der Waals surface area (Å²) < 4.78 is 20.4. The zero-order valence-electron chi connectivity index (χ0n) is 13.9. The Balaban J connectivity index is 2.09. The lowest BCUT2D eigenvalue weighted by molar-refractivity contribution is 0.400. The first-order chi connectivity index (χ1) is 12.4. The van der Waals surface area contributed by atoms with Gasteiger partial charge in [-0.05, 0) is 37.6 Å². The Labute approximate surface area is 158 Å². The number of ether oxygens (including phenoxy) is 1. The maximum atomic E-state index is 14.7. The summed E-state index contributed by atoms with van der Waals surface area (Å²) in [6.45, 7) is 3.86. The molecule has 0 saturated carbocycles. The summed E-state index contributed by atoms with van der Waals surface area (Å²) in [6, 6.07) is 8.46. The smallest absolute Gasteiger partial charge is 0.205 e. The second-order valence-corrected chi connectivity index (χ2v) is 7.55. The number of benzene rings is 1. The number of allylic oxidation sites excluding steroid dienone is 1. The van der Waals surface area contributed by atoms with Crippen LogP contribution in [0.4, 0.5) is 4.39 Å². The molecule has 4 nitrogen and oxygen atoms in total. The lowest BCUT2D eigenvalue weighted by atomic mass is 9.87. The summed E-state index contributed by atoms with van der Waals surface area (Å²) in [7, 11) is 0. The zero-order chi connectivity index (χ0) is 18.6. The summed E-state index contributed by atoms with van der Waals surface area (Å²) >= 11 is 7.66. The van der Waals surface area contributed by atoms with Crippen LogP contribution in [-0.2, 0) is 0 Å². The average Bonchev–Trinajstić information content (AvgIpc) is 2.92. The molecule has 0 saturated heterocycles. The lowest BCUT2D eigenvalue weighted by Gasteiger charge is -2.24. The van der Waals surface area contributed by atoms with Crippen molar-refractivity contribution < 1.29 is 9.13 Å². The van der Waals surface area contributed by atoms with E-state index in [2.05, 4.69) is 11.1 Å². The number of fused-ring (bicyclic) bond motifs is 3. The van der Waals surface area contributed by atoms with E-state index in [4.69, 9.17) is 22.1 Å². The van der Waals surface area contributed by atoms with Crippen LogP contribution in [-0.4, -0.2) is 4.98 Å². The van der Waals surface area contributed by atoms with Gasteiger partial charge in [0.25, 0.3) is 0 Å². The van der Waals surface area contributed by atoms with Crippen molar-refractivity contribution in [2.45, 2.75) is 19.8 Å². The molecule has 0 amide bonds. The zero-order valence-corrected chi connectivity index (χ0v) is 15.5. The molecule has 0 spiro atoms. The number of nitriles is 1. The van der Waals surface area contributed by atoms with Gasteiger partial charge >= 0.3 is 0 Å². The minimum Gasteiger partial charge on any atom is -0.439 e. The molecule has 0 bridgehead atoms. The van der Waals surface area contributed by atoms with Crippen LogP contribution < -0.4 is 10.5 Å². The lowest BCUT2D eigenvalue weighted by Crippen LogP contribution is -2.20. The van der Waals surface area contributed by atoms with Gasteiger partial charge in [0, 0.05) is 16.3 Å². The van der Waals surface area contributed by atoms with E-state index in [1.807, 2.05) is 19.9 Å². The van der Waals surface area contributed by atoms with Crippen molar-refractivity contribution in [3.63, 3.8) is 0 Å². The van der Waals surface area contributed by atoms with Gasteiger partial charge in [-0.1, -0.05) is 17.7 Å². The second-order valence-electron chi connectivity index (χ2n) is 6.12. The van der Waals surface area contributed by atoms with Gasteiger partial charge in [-0.2, -0.15) is 5.26 Å². The number of hydrogen-bond acceptors (Lipinski definition) is 5. The monoisotopic (exact) mass is 385 g/mol. The van der Waals surface area contributed by atoms with E-state index in [0.29, 0.717) is 10.6 Å². The van der Waals surface area contributed by atoms with Crippen molar-refractivity contribution in [1.82, 2.24) is 4.98 Å². The number of aromatic nitrogens is 1. The maximum absolute atomic E-state index is 14.7. The third-order valence-corrected chi connectivity index (χ3v) is 5.87. The molecule has 4 rings (SSSR count). The van der Waals surface area contributed by atoms with Gasteiger partial charge in [0.15, 0.2) is 5.75 Å². The average molecular weight is 386 g/mol. The van der Waals surface area contributed by atoms with Crippen molar-refractivity contribution in [1.29, 1.82) is 5.26 Å². The standard InChI is InChI=1S/C19H13ClFN3OS/c1-8-6-9(2)24-19-13(8)16-17(26-19)14(10(7-22)18(23)25-16)15-11(20)4-3-5-12(15)21/h3-6,14H,23H2,1-2H3/t14-/m1/s1. The molecule has 1 aromatic carbocycles. The second kappa shape index (κ2) is 5.97. The first-order valence-corrected chi connectivity index (χ1v) is 9.04. The first-order valence-electron chi connectivity index (χ1n) is 7.84. The number of pyridine rings is 1. The van der Waals surface area contributed by atoms with Gasteiger partial charge in [0.05, 0.1) is 16.2 Å². The van der Waals surface area contributed by atoms with Crippen LogP contribution in [0.1, 0.15) is 27.6 Å². The minimum absolute atomic E-state index is 0.0380. The van der Waals surface area contributed by atoms with E-state index >= 15 is 0 Å². The topological polar surface area (TPSA) is 71.9 Å². The Bertz CT molecular complexity index is 1130. The molecule has 2 aromatic heterocycles. The number of thiophene rings is 1. The fourth-order valence-electron chi connectivity index (χ4n) is 3.34. The molecular weight excluding hydrogens is 373 g/mol. The molecule has 130 valence electrons. The van der Waals surface area contributed by atoms with E-state index in [-0.39, 0.29) is 22.0 Å². The Hall–Kier alpha value is -2.62. The molecule has 0 fully saturated rings. The van der Waals surface area contributed by atoms with Crippen molar-refractivity contribution in [3.8, 4) is 11.8 Å². The van der Waals surface area contributed by atoms with Crippen molar-refractivity contribution >= 4 is 33.2 Å². The first kappa shape index (κ1) is 16.8. The summed E-state index contributed by atoms with van der Waals surface area (Å²) in [5.41, 5.74) is 8.24. The molecule has 0 unspecified atom stereocenters. The van der Waals surface area contributed by atoms with E-state index in [1.54, 1.807) is 6.07 Å². The third kappa shape index (κ3) is 2.36. The number of aryl methyl sites for hydroxylation is 2. The highest BCUT2D eigenvalue weighted by molar-refractivity contribution is 7.19. The molecule has 7 heteroatoms. The highest BCUT2D eigenvalue weighted by atomic mass is 35.5. The Kier molecular flexibility index (Phi) is 3.87. The molecular formula is C19H13ClFN3OS. The van der Waals surface area contributed by atoms with Crippen LogP contribution in [0.2, 0.25) is 5.02 Å². The Morgan fingerprint density at radius 2 is 2.15 bits per heavy atom. The van der Waals surface area contributed by atoms with Gasteiger partial charge in [0.1, 0.15) is 22.3 Å². The van der Waals surface area contributed by atoms with Gasteiger partial charge in [-0.15, -0.1) is 11.3 Å². The number of nitrogens with zero attached hydrogens (tertiary/aromatic N) is 2. The van der Waals surface area contributed by atoms with Crippen LogP contribution in [0.5, 0.6) is 5.75 Å². The van der Waals surface area contributed by atoms with Crippen LogP contribution in [0.25, 0.3) is 10.2 Å². The molecule has 1 atom stereocenters. The van der Waals surface area contributed by atoms with Crippen molar-refractivity contribution in [2.75, 3.05) is 0 Å². The quantitative estimate of drug-likeness (QED) is 0.645. The van der Waals surface area contributed by atoms with E-state index in [9.17, 15) is 9.65 Å². The molecule has 0 aliphatic carbocycles. The van der Waals surface area contributed by atoms with Crippen LogP contribution in [0.3, 0.4) is 0 Å². The highest BCUT2D eigenvalue weighted by Gasteiger charge is 2.37. The predicted molar refractivity (Wildman–Crippen MR) is 99.8 cm³/mol. The van der Waals surface area contributed by atoms with Gasteiger partial charge < -0.3 is 10.5 Å². The maximum Gasteiger partial charge on any atom is 0.205 e. The normalized spacial score (nSPS) is 16.3. The molecule has 2 N–H and O–H groups in total. The third-order valence-electron chi connectivity index (χ3n) is 4.41. The van der Waals surface area contributed by atoms with E-state index in [1.165, 1.54) is 23.5 Å². The number of hydrogen-bond donors (Lipinski definition) is 1. The van der Waals surface area contributed by atoms with E-state index in [0.717, 1.165) is 21.5 Å². The van der Waals surface area contributed by atoms with Gasteiger partial charge in [0.2, 0.25) is 5.88 Å². The Morgan fingerprint density at radius 1 is 1.38 bits per heavy atom. The molecule has 1 aliphatic rings. The number of nitrogens with two attached hydrogens (primary N) is 1. The van der Waals surface area contributed by atoms with Crippen molar-refractivity contribution in [3.05, 3.63) is 68.3 Å². The molecule has 1 aliphatic heterocycles. The minimum atomic E-state index is -0.726. The summed E-state index contributed by atoms with van der Waals surface area (Å²) in [5, 5.41) is 10.7. The Morgan fingerprint density at radius 3 is 2.85 bits per heavy atom. The summed E-state index contributed by atoms with van der Waals surface area (Å²) in [6.07, 6.45) is 0.